The van der Waals surface area contributed by atoms with Crippen LogP contribution in [0, 0.1) is 0 Å². The van der Waals surface area contributed by atoms with E-state index in [1.807, 2.05) is 54.6 Å². The van der Waals surface area contributed by atoms with E-state index >= 15 is 0 Å². The van der Waals surface area contributed by atoms with Crippen LogP contribution in [0.1, 0.15) is 25.7 Å². The molecule has 0 aromatic heterocycles. The van der Waals surface area contributed by atoms with Gasteiger partial charge in [0.2, 0.25) is 0 Å². The maximum atomic E-state index is 5.88. The van der Waals surface area contributed by atoms with E-state index in [4.69, 9.17) is 9.47 Å². The van der Waals surface area contributed by atoms with E-state index in [1.54, 1.807) is 4.90 Å². The first kappa shape index (κ1) is 15.9. The Balaban J connectivity index is 1.44. The third-order valence-corrected chi connectivity index (χ3v) is 4.29. The van der Waals surface area contributed by atoms with Crippen molar-refractivity contribution in [1.29, 1.82) is 0 Å². The number of ether oxygens (including phenoxy) is 2. The molecule has 0 unspecified atom stereocenters. The van der Waals surface area contributed by atoms with Crippen molar-refractivity contribution in [3.63, 3.8) is 0 Å². The fraction of sp³-hybridized carbons (Fsp3) is 0.400. The minimum atomic E-state index is 0.776. The van der Waals surface area contributed by atoms with Crippen LogP contribution < -0.4 is 14.4 Å². The minimum absolute atomic E-state index is 0.776. The normalized spacial score (nSPS) is 15.3. The van der Waals surface area contributed by atoms with Crippen LogP contribution in [0.4, 0.5) is 0 Å². The van der Waals surface area contributed by atoms with Gasteiger partial charge in [-0.05, 0) is 43.5 Å². The third-order valence-electron chi connectivity index (χ3n) is 4.29. The Morgan fingerprint density at radius 1 is 0.783 bits per heavy atom. The third kappa shape index (κ3) is 5.29. The molecule has 0 bridgehead atoms. The summed E-state index contributed by atoms with van der Waals surface area (Å²) in [6, 6.07) is 17.7. The molecule has 1 saturated heterocycles. The van der Waals surface area contributed by atoms with E-state index in [9.17, 15) is 0 Å². The van der Waals surface area contributed by atoms with Crippen molar-refractivity contribution in [3.05, 3.63) is 54.6 Å². The number of para-hydroxylation sites is 1. The van der Waals surface area contributed by atoms with E-state index in [2.05, 4.69) is 0 Å². The summed E-state index contributed by atoms with van der Waals surface area (Å²) in [5.74, 6) is 2.54. The second-order valence-electron chi connectivity index (χ2n) is 6.15. The average molecular weight is 312 g/mol. The van der Waals surface area contributed by atoms with Crippen LogP contribution in [0.3, 0.4) is 0 Å². The van der Waals surface area contributed by atoms with Gasteiger partial charge in [-0.1, -0.05) is 24.3 Å². The van der Waals surface area contributed by atoms with Gasteiger partial charge in [-0.15, -0.1) is 0 Å². The Labute approximate surface area is 138 Å². The van der Waals surface area contributed by atoms with Crippen molar-refractivity contribution in [2.75, 3.05) is 26.2 Å². The molecule has 0 spiro atoms. The van der Waals surface area contributed by atoms with Crippen LogP contribution in [-0.2, 0) is 0 Å². The largest absolute Gasteiger partial charge is 0.493 e. The number of hydrogen-bond acceptors (Lipinski definition) is 2. The Bertz CT molecular complexity index is 579. The van der Waals surface area contributed by atoms with Gasteiger partial charge in [0.1, 0.15) is 17.2 Å². The van der Waals surface area contributed by atoms with E-state index in [1.165, 1.54) is 38.9 Å². The van der Waals surface area contributed by atoms with Crippen molar-refractivity contribution < 1.29 is 14.4 Å². The number of likely N-dealkylation sites (tertiary alicyclic amines) is 1. The maximum absolute atomic E-state index is 5.88. The smallest absolute Gasteiger partial charge is 0.131 e. The SMILES string of the molecule is c1ccc(Oc2cccc(OCCC[NH+]3CCCCC3)c2)cc1. The van der Waals surface area contributed by atoms with Gasteiger partial charge < -0.3 is 14.4 Å². The topological polar surface area (TPSA) is 22.9 Å². The van der Waals surface area contributed by atoms with Gasteiger partial charge in [-0.3, -0.25) is 0 Å². The highest BCUT2D eigenvalue weighted by Gasteiger charge is 2.12. The van der Waals surface area contributed by atoms with Crippen LogP contribution >= 0.6 is 0 Å². The molecule has 23 heavy (non-hydrogen) atoms. The number of nitrogens with one attached hydrogen (secondary N) is 1. The van der Waals surface area contributed by atoms with Crippen molar-refractivity contribution in [3.8, 4) is 17.2 Å². The zero-order chi connectivity index (χ0) is 15.7. The molecule has 1 aliphatic rings. The molecule has 0 amide bonds. The quantitative estimate of drug-likeness (QED) is 0.793. The minimum Gasteiger partial charge on any atom is -0.493 e. The molecular weight excluding hydrogens is 286 g/mol. The Morgan fingerprint density at radius 3 is 2.35 bits per heavy atom. The number of piperidine rings is 1. The van der Waals surface area contributed by atoms with E-state index in [-0.39, 0.29) is 0 Å². The summed E-state index contributed by atoms with van der Waals surface area (Å²) in [7, 11) is 0. The Kier molecular flexibility index (Phi) is 5.93. The van der Waals surface area contributed by atoms with Gasteiger partial charge in [-0.25, -0.2) is 0 Å². The van der Waals surface area contributed by atoms with Crippen molar-refractivity contribution >= 4 is 0 Å². The molecule has 1 fully saturated rings. The van der Waals surface area contributed by atoms with Crippen molar-refractivity contribution in [1.82, 2.24) is 0 Å². The molecule has 122 valence electrons. The molecule has 3 rings (SSSR count). The average Bonchev–Trinajstić information content (AvgIpc) is 2.61. The van der Waals surface area contributed by atoms with Gasteiger partial charge in [0.15, 0.2) is 0 Å². The fourth-order valence-electron chi connectivity index (χ4n) is 3.07. The number of quaternary nitrogens is 1. The molecule has 3 heteroatoms. The molecule has 0 aliphatic carbocycles. The lowest BCUT2D eigenvalue weighted by Crippen LogP contribution is -3.12. The lowest BCUT2D eigenvalue weighted by molar-refractivity contribution is -0.905. The van der Waals surface area contributed by atoms with Crippen molar-refractivity contribution in [2.24, 2.45) is 0 Å². The van der Waals surface area contributed by atoms with E-state index < -0.39 is 0 Å². The molecule has 2 aromatic rings. The second kappa shape index (κ2) is 8.59. The van der Waals surface area contributed by atoms with Gasteiger partial charge in [0.25, 0.3) is 0 Å². The van der Waals surface area contributed by atoms with Crippen LogP contribution in [0.2, 0.25) is 0 Å². The molecule has 3 nitrogen and oxygen atoms in total. The lowest BCUT2D eigenvalue weighted by atomic mass is 10.1. The highest BCUT2D eigenvalue weighted by atomic mass is 16.5. The lowest BCUT2D eigenvalue weighted by Gasteiger charge is -2.23. The van der Waals surface area contributed by atoms with Gasteiger partial charge in [0, 0.05) is 12.5 Å². The van der Waals surface area contributed by atoms with Crippen LogP contribution in [-0.4, -0.2) is 26.2 Å². The predicted molar refractivity (Wildman–Crippen MR) is 92.5 cm³/mol. The summed E-state index contributed by atoms with van der Waals surface area (Å²) in [4.78, 5) is 1.74. The summed E-state index contributed by atoms with van der Waals surface area (Å²) in [5, 5.41) is 0. The molecule has 0 atom stereocenters. The summed E-state index contributed by atoms with van der Waals surface area (Å²) in [5.41, 5.74) is 0. The fourth-order valence-corrected chi connectivity index (χ4v) is 3.07. The first-order valence-electron chi connectivity index (χ1n) is 8.69. The first-order chi connectivity index (χ1) is 11.4. The molecule has 1 aliphatic heterocycles. The molecule has 1 heterocycles. The predicted octanol–water partition coefficient (Wildman–Crippen LogP) is 3.32. The zero-order valence-corrected chi connectivity index (χ0v) is 13.7. The summed E-state index contributed by atoms with van der Waals surface area (Å²) in [6.45, 7) is 4.67. The summed E-state index contributed by atoms with van der Waals surface area (Å²) >= 11 is 0. The van der Waals surface area contributed by atoms with Gasteiger partial charge in [-0.2, -0.15) is 0 Å². The number of benzene rings is 2. The van der Waals surface area contributed by atoms with E-state index in [0.717, 1.165) is 30.3 Å². The zero-order valence-electron chi connectivity index (χ0n) is 13.7. The maximum Gasteiger partial charge on any atom is 0.131 e. The van der Waals surface area contributed by atoms with E-state index in [0.29, 0.717) is 0 Å². The Hall–Kier alpha value is -2.00. The molecule has 2 aromatic carbocycles. The van der Waals surface area contributed by atoms with Crippen LogP contribution in [0.15, 0.2) is 54.6 Å². The molecule has 0 saturated carbocycles. The summed E-state index contributed by atoms with van der Waals surface area (Å²) in [6.07, 6.45) is 5.29. The highest BCUT2D eigenvalue weighted by Crippen LogP contribution is 2.24. The summed E-state index contributed by atoms with van der Waals surface area (Å²) < 4.78 is 11.7. The Morgan fingerprint density at radius 2 is 1.52 bits per heavy atom. The van der Waals surface area contributed by atoms with Gasteiger partial charge in [0.05, 0.1) is 26.2 Å². The monoisotopic (exact) mass is 312 g/mol. The second-order valence-corrected chi connectivity index (χ2v) is 6.15. The molecule has 0 radical (unpaired) electrons. The van der Waals surface area contributed by atoms with Crippen molar-refractivity contribution in [2.45, 2.75) is 25.7 Å². The van der Waals surface area contributed by atoms with Crippen LogP contribution in [0.25, 0.3) is 0 Å². The number of hydrogen-bond donors (Lipinski definition) is 1. The van der Waals surface area contributed by atoms with Crippen LogP contribution in [0.5, 0.6) is 17.2 Å². The molecular formula is C20H26NO2+. The molecule has 1 N–H and O–H groups in total. The highest BCUT2D eigenvalue weighted by molar-refractivity contribution is 5.36. The van der Waals surface area contributed by atoms with Gasteiger partial charge >= 0.3 is 0 Å². The number of rotatable bonds is 7. The standard InChI is InChI=1S/C20H25NO2/c1-3-9-18(10-4-1)23-20-12-7-11-19(17-20)22-16-8-15-21-13-5-2-6-14-21/h1,3-4,7,9-12,17H,2,5-6,8,13-16H2/p+1. The first-order valence-corrected chi connectivity index (χ1v) is 8.69.